The van der Waals surface area contributed by atoms with E-state index >= 15 is 0 Å². The van der Waals surface area contributed by atoms with Crippen molar-refractivity contribution in [2.45, 2.75) is 264 Å². The van der Waals surface area contributed by atoms with Gasteiger partial charge in [-0.25, -0.2) is 4.79 Å². The van der Waals surface area contributed by atoms with Crippen molar-refractivity contribution in [3.63, 3.8) is 0 Å². The van der Waals surface area contributed by atoms with Crippen molar-refractivity contribution in [1.82, 2.24) is 0 Å². The van der Waals surface area contributed by atoms with E-state index in [1.165, 1.54) is 154 Å². The Balaban J connectivity index is 4.20. The zero-order chi connectivity index (χ0) is 48.4. The third-order valence-corrected chi connectivity index (χ3v) is 12.5. The highest BCUT2D eigenvalue weighted by Crippen LogP contribution is 2.16. The van der Waals surface area contributed by atoms with Gasteiger partial charge in [-0.05, 0) is 77.0 Å². The molecule has 0 aromatic carbocycles. The second kappa shape index (κ2) is 48.7. The van der Waals surface area contributed by atoms with Crippen LogP contribution in [0.25, 0.3) is 0 Å². The summed E-state index contributed by atoms with van der Waals surface area (Å²) in [6.45, 7) is 4.73. The molecule has 2 atom stereocenters. The lowest BCUT2D eigenvalue weighted by molar-refractivity contribution is -0.887. The predicted molar refractivity (Wildman–Crippen MR) is 280 cm³/mol. The smallest absolute Gasteiger partial charge is 0.362 e. The number of esters is 2. The molecule has 0 aliphatic carbocycles. The topological polar surface area (TPSA) is 99.1 Å². The van der Waals surface area contributed by atoms with Crippen LogP contribution in [0.2, 0.25) is 0 Å². The van der Waals surface area contributed by atoms with Crippen LogP contribution in [0.1, 0.15) is 251 Å². The number of aliphatic carboxylic acids is 1. The van der Waals surface area contributed by atoms with Gasteiger partial charge in [-0.15, -0.1) is 0 Å². The summed E-state index contributed by atoms with van der Waals surface area (Å²) < 4.78 is 17.4. The first-order valence-electron chi connectivity index (χ1n) is 27.7. The van der Waals surface area contributed by atoms with Crippen LogP contribution < -0.4 is 0 Å². The molecule has 0 spiro atoms. The van der Waals surface area contributed by atoms with Crippen LogP contribution in [0.3, 0.4) is 0 Å². The normalized spacial score (nSPS) is 13.2. The fourth-order valence-corrected chi connectivity index (χ4v) is 8.15. The summed E-state index contributed by atoms with van der Waals surface area (Å²) in [5, 5.41) is 9.67. The molecule has 0 amide bonds. The number of carboxylic acids is 1. The van der Waals surface area contributed by atoms with Crippen molar-refractivity contribution in [3.8, 4) is 0 Å². The number of ether oxygens (including phenoxy) is 3. The molecule has 0 aromatic heterocycles. The number of hydrogen-bond donors (Lipinski definition) is 1. The van der Waals surface area contributed by atoms with Crippen molar-refractivity contribution < 1.29 is 38.2 Å². The van der Waals surface area contributed by atoms with Crippen molar-refractivity contribution in [2.24, 2.45) is 0 Å². The van der Waals surface area contributed by atoms with E-state index in [-0.39, 0.29) is 36.2 Å². The first kappa shape index (κ1) is 63.3. The summed E-state index contributed by atoms with van der Waals surface area (Å²) in [6.07, 6.45) is 60.2. The van der Waals surface area contributed by atoms with Crippen LogP contribution in [-0.2, 0) is 28.6 Å². The molecule has 2 unspecified atom stereocenters. The van der Waals surface area contributed by atoms with E-state index in [0.717, 1.165) is 64.2 Å². The van der Waals surface area contributed by atoms with E-state index in [1.54, 1.807) is 0 Å². The number of unbranched alkanes of at least 4 members (excludes halogenated alkanes) is 28. The molecule has 0 saturated heterocycles. The van der Waals surface area contributed by atoms with E-state index in [2.05, 4.69) is 62.5 Å². The molecule has 0 aliphatic rings. The van der Waals surface area contributed by atoms with Crippen molar-refractivity contribution in [1.29, 1.82) is 0 Å². The van der Waals surface area contributed by atoms with Gasteiger partial charge in [-0.3, -0.25) is 9.59 Å². The number of likely N-dealkylation sites (N-methyl/N-ethyl adjacent to an activating group) is 1. The second-order valence-corrected chi connectivity index (χ2v) is 19.8. The van der Waals surface area contributed by atoms with Crippen molar-refractivity contribution in [2.75, 3.05) is 41.0 Å². The Morgan fingerprint density at radius 1 is 0.455 bits per heavy atom. The third-order valence-electron chi connectivity index (χ3n) is 12.5. The fourth-order valence-electron chi connectivity index (χ4n) is 8.15. The molecule has 0 aromatic rings. The van der Waals surface area contributed by atoms with E-state index < -0.39 is 18.1 Å². The van der Waals surface area contributed by atoms with Gasteiger partial charge in [0.25, 0.3) is 0 Å². The summed E-state index contributed by atoms with van der Waals surface area (Å²) in [5.41, 5.74) is 0. The standard InChI is InChI=1S/C58H105NO7/c1-6-8-10-12-14-16-18-20-22-24-26-27-28-29-31-32-34-36-38-40-42-44-46-48-56(60)65-53-54(52-64-51-50-55(58(62)63)59(3,4)5)66-57(61)49-47-45-43-41-39-37-35-33-30-25-23-21-19-17-15-13-11-9-7-2/h15,17,21,23-24,26,30,33,54-55H,6-14,16,18-20,22,25,27-29,31-32,34-53H2,1-5H3/p+1/b17-15-,23-21-,26-24-,33-30-. The van der Waals surface area contributed by atoms with E-state index in [4.69, 9.17) is 14.2 Å². The average molecular weight is 929 g/mol. The summed E-state index contributed by atoms with van der Waals surface area (Å²) in [5.74, 6) is -1.47. The number of nitrogens with zero attached hydrogens (tertiary/aromatic N) is 1. The summed E-state index contributed by atoms with van der Waals surface area (Å²) in [6, 6.07) is -0.619. The molecule has 0 fully saturated rings. The lowest BCUT2D eigenvalue weighted by Crippen LogP contribution is -2.50. The molecule has 0 radical (unpaired) electrons. The van der Waals surface area contributed by atoms with Gasteiger partial charge in [0.05, 0.1) is 34.4 Å². The number of carbonyl (C=O) groups excluding carboxylic acids is 2. The van der Waals surface area contributed by atoms with Gasteiger partial charge in [0, 0.05) is 19.3 Å². The molecule has 1 N–H and O–H groups in total. The second-order valence-electron chi connectivity index (χ2n) is 19.8. The van der Waals surface area contributed by atoms with Crippen LogP contribution >= 0.6 is 0 Å². The molecule has 8 heteroatoms. The molecule has 0 heterocycles. The lowest BCUT2D eigenvalue weighted by Gasteiger charge is -2.31. The minimum Gasteiger partial charge on any atom is -0.477 e. The SMILES string of the molecule is CCCCC/C=C\C/C=C\C/C=C\CCCCCCCCC(=O)OC(COCCC(C(=O)O)[N+](C)(C)C)COC(=O)CCCCCCCCCCCCC/C=C\CCCCCCCCCC. The molecular formula is C58H106NO7+. The molecule has 66 heavy (non-hydrogen) atoms. The fraction of sp³-hybridized carbons (Fsp3) is 0.810. The minimum absolute atomic E-state index is 0.0560. The molecule has 8 nitrogen and oxygen atoms in total. The predicted octanol–water partition coefficient (Wildman–Crippen LogP) is 16.3. The molecule has 0 bridgehead atoms. The summed E-state index contributed by atoms with van der Waals surface area (Å²) in [7, 11) is 5.54. The Morgan fingerprint density at radius 3 is 1.23 bits per heavy atom. The molecule has 0 rings (SSSR count). The van der Waals surface area contributed by atoms with Gasteiger partial charge < -0.3 is 23.8 Å². The maximum absolute atomic E-state index is 12.8. The highest BCUT2D eigenvalue weighted by atomic mass is 16.6. The van der Waals surface area contributed by atoms with Gasteiger partial charge in [0.2, 0.25) is 0 Å². The maximum Gasteiger partial charge on any atom is 0.362 e. The zero-order valence-electron chi connectivity index (χ0n) is 43.9. The van der Waals surface area contributed by atoms with E-state index in [1.807, 2.05) is 21.1 Å². The Bertz CT molecular complexity index is 1220. The molecular weight excluding hydrogens is 823 g/mol. The van der Waals surface area contributed by atoms with Gasteiger partial charge in [0.15, 0.2) is 12.1 Å². The average Bonchev–Trinajstić information content (AvgIpc) is 3.28. The molecule has 0 saturated carbocycles. The monoisotopic (exact) mass is 929 g/mol. The number of allylic oxidation sites excluding steroid dienone is 8. The highest BCUT2D eigenvalue weighted by molar-refractivity contribution is 5.72. The third kappa shape index (κ3) is 46.4. The van der Waals surface area contributed by atoms with Gasteiger partial charge >= 0.3 is 17.9 Å². The van der Waals surface area contributed by atoms with Crippen molar-refractivity contribution in [3.05, 3.63) is 48.6 Å². The maximum atomic E-state index is 12.8. The first-order chi connectivity index (χ1) is 32.1. The number of carboxylic acid groups (broad SMARTS) is 1. The van der Waals surface area contributed by atoms with Crippen LogP contribution in [-0.4, -0.2) is 80.6 Å². The van der Waals surface area contributed by atoms with Crippen LogP contribution in [0, 0.1) is 0 Å². The largest absolute Gasteiger partial charge is 0.477 e. The zero-order valence-corrected chi connectivity index (χ0v) is 43.9. The highest BCUT2D eigenvalue weighted by Gasteiger charge is 2.31. The number of hydrogen-bond acceptors (Lipinski definition) is 6. The van der Waals surface area contributed by atoms with Crippen LogP contribution in [0.4, 0.5) is 0 Å². The van der Waals surface area contributed by atoms with Crippen LogP contribution in [0.5, 0.6) is 0 Å². The van der Waals surface area contributed by atoms with Crippen molar-refractivity contribution >= 4 is 17.9 Å². The Hall–Kier alpha value is -2.71. The summed E-state index contributed by atoms with van der Waals surface area (Å²) >= 11 is 0. The minimum atomic E-state index is -0.876. The van der Waals surface area contributed by atoms with E-state index in [0.29, 0.717) is 19.3 Å². The Labute approximate surface area is 407 Å². The number of quaternary nitrogens is 1. The molecule has 384 valence electrons. The van der Waals surface area contributed by atoms with E-state index in [9.17, 15) is 19.5 Å². The Morgan fingerprint density at radius 2 is 0.803 bits per heavy atom. The van der Waals surface area contributed by atoms with Gasteiger partial charge in [-0.1, -0.05) is 204 Å². The first-order valence-corrected chi connectivity index (χ1v) is 27.7. The van der Waals surface area contributed by atoms with Gasteiger partial charge in [-0.2, -0.15) is 0 Å². The Kier molecular flexibility index (Phi) is 46.7. The molecule has 0 aliphatic heterocycles. The van der Waals surface area contributed by atoms with Gasteiger partial charge in [0.1, 0.15) is 6.61 Å². The number of rotatable bonds is 50. The quantitative estimate of drug-likeness (QED) is 0.0281. The summed E-state index contributed by atoms with van der Waals surface area (Å²) in [4.78, 5) is 37.2. The number of carbonyl (C=O) groups is 3. The van der Waals surface area contributed by atoms with Crippen LogP contribution in [0.15, 0.2) is 48.6 Å². The lowest BCUT2D eigenvalue weighted by atomic mass is 10.0.